The molecule has 1 aliphatic rings. The van der Waals surface area contributed by atoms with Gasteiger partial charge in [0.05, 0.1) is 6.42 Å². The number of guanidine groups is 2. The quantitative estimate of drug-likeness (QED) is 0.466. The van der Waals surface area contributed by atoms with Gasteiger partial charge in [0.1, 0.15) is 6.04 Å². The second-order valence-corrected chi connectivity index (χ2v) is 6.52. The van der Waals surface area contributed by atoms with Crippen LogP contribution in [0, 0.1) is 6.92 Å². The van der Waals surface area contributed by atoms with Gasteiger partial charge in [0.15, 0.2) is 0 Å². The van der Waals surface area contributed by atoms with Gasteiger partial charge in [-0.05, 0) is 36.8 Å². The van der Waals surface area contributed by atoms with Crippen LogP contribution in [0.1, 0.15) is 12.0 Å². The van der Waals surface area contributed by atoms with Crippen molar-refractivity contribution < 1.29 is 9.59 Å². The number of amides is 2. The molecule has 0 unspecified atom stereocenters. The fourth-order valence-corrected chi connectivity index (χ4v) is 2.73. The highest BCUT2D eigenvalue weighted by atomic mass is 35.5. The van der Waals surface area contributed by atoms with E-state index in [2.05, 4.69) is 25.9 Å². The van der Waals surface area contributed by atoms with Crippen LogP contribution in [0.2, 0.25) is 5.02 Å². The first-order chi connectivity index (χ1) is 13.4. The third-order valence-corrected chi connectivity index (χ3v) is 4.42. The van der Waals surface area contributed by atoms with E-state index in [1.54, 1.807) is 25.1 Å². The summed E-state index contributed by atoms with van der Waals surface area (Å²) in [7, 11) is 0. The van der Waals surface area contributed by atoms with E-state index in [0.29, 0.717) is 10.7 Å². The zero-order chi connectivity index (χ0) is 20.1. The molecular weight excluding hydrogens is 380 g/mol. The van der Waals surface area contributed by atoms with Crippen LogP contribution in [0.4, 0.5) is 11.4 Å². The lowest BCUT2D eigenvalue weighted by Crippen LogP contribution is -2.32. The minimum Gasteiger partial charge on any atom is -0.369 e. The van der Waals surface area contributed by atoms with Gasteiger partial charge in [-0.15, -0.1) is 0 Å². The highest BCUT2D eigenvalue weighted by Gasteiger charge is 2.28. The van der Waals surface area contributed by atoms with Crippen LogP contribution in [0.3, 0.4) is 0 Å². The summed E-state index contributed by atoms with van der Waals surface area (Å²) >= 11 is 6.05. The van der Waals surface area contributed by atoms with E-state index in [4.69, 9.17) is 17.3 Å². The molecule has 0 spiro atoms. The average Bonchev–Trinajstić information content (AvgIpc) is 2.98. The van der Waals surface area contributed by atoms with E-state index in [1.807, 2.05) is 30.3 Å². The standard InChI is InChI=1S/C19H19ClN6O2/c1-11-13(20)8-5-9-14(11)23-16(27)10-15-17(28)25-19(24-15)26-18(21)22-12-6-3-2-4-7-12/h2-9,15H,10H2,1H3,(H,23,27)(H4,21,22,24,25,26,28)/t15-/m0/s1. The van der Waals surface area contributed by atoms with E-state index < -0.39 is 11.9 Å². The largest absolute Gasteiger partial charge is 0.369 e. The number of nitrogens with one attached hydrogen (secondary N) is 3. The van der Waals surface area contributed by atoms with E-state index in [-0.39, 0.29) is 24.2 Å². The molecule has 0 saturated carbocycles. The Balaban J connectivity index is 1.62. The number of benzene rings is 2. The number of anilines is 2. The predicted molar refractivity (Wildman–Crippen MR) is 110 cm³/mol. The first-order valence-electron chi connectivity index (χ1n) is 8.52. The lowest BCUT2D eigenvalue weighted by Gasteiger charge is -2.10. The number of halogens is 1. The summed E-state index contributed by atoms with van der Waals surface area (Å²) in [6.07, 6.45) is -0.122. The van der Waals surface area contributed by atoms with Crippen molar-refractivity contribution in [3.8, 4) is 0 Å². The Hall–Kier alpha value is -3.39. The normalized spacial score (nSPS) is 16.4. The third kappa shape index (κ3) is 4.86. The lowest BCUT2D eigenvalue weighted by atomic mass is 10.1. The molecule has 8 nitrogen and oxygen atoms in total. The Morgan fingerprint density at radius 3 is 2.71 bits per heavy atom. The van der Waals surface area contributed by atoms with Crippen LogP contribution in [0.5, 0.6) is 0 Å². The molecule has 0 saturated heterocycles. The van der Waals surface area contributed by atoms with Crippen LogP contribution in [-0.2, 0) is 9.59 Å². The first kappa shape index (κ1) is 19.4. The monoisotopic (exact) mass is 398 g/mol. The highest BCUT2D eigenvalue weighted by molar-refractivity contribution is 6.31. The summed E-state index contributed by atoms with van der Waals surface area (Å²) in [6, 6.07) is 13.6. The van der Waals surface area contributed by atoms with Gasteiger partial charge in [-0.3, -0.25) is 14.9 Å². The minimum atomic E-state index is -0.872. The van der Waals surface area contributed by atoms with Gasteiger partial charge in [-0.25, -0.2) is 4.99 Å². The SMILES string of the molecule is Cc1c(Cl)cccc1NC(=O)C[C@@H]1N=C(N=C(N)Nc2ccccc2)NC1=O. The van der Waals surface area contributed by atoms with Crippen molar-refractivity contribution in [3.05, 3.63) is 59.1 Å². The van der Waals surface area contributed by atoms with Crippen LogP contribution >= 0.6 is 11.6 Å². The van der Waals surface area contributed by atoms with Crippen molar-refractivity contribution in [1.29, 1.82) is 0 Å². The Morgan fingerprint density at radius 2 is 1.96 bits per heavy atom. The molecule has 5 N–H and O–H groups in total. The molecule has 2 amide bonds. The minimum absolute atomic E-state index is 0.0580. The number of hydrogen-bond donors (Lipinski definition) is 4. The van der Waals surface area contributed by atoms with Crippen molar-refractivity contribution >= 4 is 46.7 Å². The topological polar surface area (TPSA) is 121 Å². The molecule has 9 heteroatoms. The summed E-state index contributed by atoms with van der Waals surface area (Å²) in [5.41, 5.74) is 7.92. The number of aliphatic imine (C=N–C) groups is 2. The number of nitrogens with two attached hydrogens (primary N) is 1. The molecule has 2 aromatic carbocycles. The number of para-hydroxylation sites is 1. The second-order valence-electron chi connectivity index (χ2n) is 6.11. The number of carbonyl (C=O) groups excluding carboxylic acids is 2. The fraction of sp³-hybridized carbons (Fsp3) is 0.158. The van der Waals surface area contributed by atoms with E-state index in [1.165, 1.54) is 0 Å². The Labute approximate surface area is 166 Å². The van der Waals surface area contributed by atoms with Gasteiger partial charge in [-0.1, -0.05) is 35.9 Å². The van der Waals surface area contributed by atoms with Gasteiger partial charge in [-0.2, -0.15) is 4.99 Å². The molecule has 0 bridgehead atoms. The molecule has 0 radical (unpaired) electrons. The summed E-state index contributed by atoms with van der Waals surface area (Å²) in [4.78, 5) is 32.5. The summed E-state index contributed by atoms with van der Waals surface area (Å²) < 4.78 is 0. The van der Waals surface area contributed by atoms with Gasteiger partial charge < -0.3 is 16.4 Å². The van der Waals surface area contributed by atoms with Crippen LogP contribution in [0.25, 0.3) is 0 Å². The van der Waals surface area contributed by atoms with Crippen molar-refractivity contribution in [1.82, 2.24) is 5.32 Å². The van der Waals surface area contributed by atoms with Crippen LogP contribution in [0.15, 0.2) is 58.5 Å². The predicted octanol–water partition coefficient (Wildman–Crippen LogP) is 2.26. The van der Waals surface area contributed by atoms with Gasteiger partial charge in [0.25, 0.3) is 5.91 Å². The highest BCUT2D eigenvalue weighted by Crippen LogP contribution is 2.23. The lowest BCUT2D eigenvalue weighted by molar-refractivity contribution is -0.123. The number of hydrogen-bond acceptors (Lipinski definition) is 4. The van der Waals surface area contributed by atoms with Gasteiger partial charge in [0.2, 0.25) is 17.8 Å². The Morgan fingerprint density at radius 1 is 1.21 bits per heavy atom. The summed E-state index contributed by atoms with van der Waals surface area (Å²) in [5, 5.41) is 8.69. The first-order valence-corrected chi connectivity index (χ1v) is 8.90. The van der Waals surface area contributed by atoms with Gasteiger partial charge in [0, 0.05) is 16.4 Å². The van der Waals surface area contributed by atoms with E-state index >= 15 is 0 Å². The smallest absolute Gasteiger partial charge is 0.252 e. The summed E-state index contributed by atoms with van der Waals surface area (Å²) in [5.74, 6) is -0.633. The van der Waals surface area contributed by atoms with E-state index in [0.717, 1.165) is 11.3 Å². The maximum atomic E-state index is 12.3. The van der Waals surface area contributed by atoms with Crippen molar-refractivity contribution in [2.75, 3.05) is 10.6 Å². The zero-order valence-electron chi connectivity index (χ0n) is 15.1. The molecule has 3 rings (SSSR count). The number of nitrogens with zero attached hydrogens (tertiary/aromatic N) is 2. The number of carbonyl (C=O) groups is 2. The molecule has 0 aromatic heterocycles. The fourth-order valence-electron chi connectivity index (χ4n) is 2.56. The molecule has 0 fully saturated rings. The van der Waals surface area contributed by atoms with Crippen LogP contribution < -0.4 is 21.7 Å². The zero-order valence-corrected chi connectivity index (χ0v) is 15.8. The van der Waals surface area contributed by atoms with Crippen LogP contribution in [-0.4, -0.2) is 29.8 Å². The molecular formula is C19H19ClN6O2. The molecule has 0 aliphatic carbocycles. The maximum absolute atomic E-state index is 12.3. The Bertz CT molecular complexity index is 958. The molecule has 1 heterocycles. The van der Waals surface area contributed by atoms with Gasteiger partial charge >= 0.3 is 0 Å². The molecule has 1 aliphatic heterocycles. The average molecular weight is 399 g/mol. The maximum Gasteiger partial charge on any atom is 0.252 e. The molecule has 1 atom stereocenters. The summed E-state index contributed by atoms with van der Waals surface area (Å²) in [6.45, 7) is 1.80. The molecule has 2 aromatic rings. The Kier molecular flexibility index (Phi) is 5.90. The second kappa shape index (κ2) is 8.53. The molecule has 144 valence electrons. The van der Waals surface area contributed by atoms with Crippen molar-refractivity contribution in [2.24, 2.45) is 15.7 Å². The van der Waals surface area contributed by atoms with E-state index in [9.17, 15) is 9.59 Å². The van der Waals surface area contributed by atoms with Crippen molar-refractivity contribution in [3.63, 3.8) is 0 Å². The number of rotatable bonds is 4. The van der Waals surface area contributed by atoms with Crippen molar-refractivity contribution in [2.45, 2.75) is 19.4 Å². The molecule has 28 heavy (non-hydrogen) atoms. The third-order valence-electron chi connectivity index (χ3n) is 4.01.